The van der Waals surface area contributed by atoms with Crippen LogP contribution in [0.15, 0.2) is 0 Å². The summed E-state index contributed by atoms with van der Waals surface area (Å²) in [5, 5.41) is 3.10. The Hall–Kier alpha value is -1.63. The van der Waals surface area contributed by atoms with E-state index >= 15 is 0 Å². The Kier molecular flexibility index (Phi) is 5.40. The molecule has 0 spiro atoms. The highest BCUT2D eigenvalue weighted by Gasteiger charge is 2.70. The highest BCUT2D eigenvalue weighted by molar-refractivity contribution is 5.86. The second-order valence-electron chi connectivity index (χ2n) is 10.3. The van der Waals surface area contributed by atoms with Crippen molar-refractivity contribution in [3.63, 3.8) is 0 Å². The van der Waals surface area contributed by atoms with Crippen LogP contribution in [0.25, 0.3) is 0 Å². The van der Waals surface area contributed by atoms with E-state index in [0.29, 0.717) is 6.42 Å². The Labute approximate surface area is 178 Å². The molecule has 1 heterocycles. The van der Waals surface area contributed by atoms with E-state index in [9.17, 15) is 14.4 Å². The molecule has 1 saturated heterocycles. The van der Waals surface area contributed by atoms with Crippen LogP contribution in [0.2, 0.25) is 0 Å². The highest BCUT2D eigenvalue weighted by atomic mass is 16.6. The van der Waals surface area contributed by atoms with Crippen LogP contribution in [-0.2, 0) is 28.6 Å². The number of fused-ring (bicyclic) bond motifs is 1. The van der Waals surface area contributed by atoms with Crippen molar-refractivity contribution in [3.05, 3.63) is 0 Å². The first-order valence-electron chi connectivity index (χ1n) is 11.5. The van der Waals surface area contributed by atoms with Gasteiger partial charge in [0.2, 0.25) is 0 Å². The Morgan fingerprint density at radius 1 is 1.27 bits per heavy atom. The number of ether oxygens (including phenoxy) is 3. The number of rotatable bonds is 7. The molecular formula is C23H35NO6. The van der Waals surface area contributed by atoms with Gasteiger partial charge in [0.1, 0.15) is 17.8 Å². The summed E-state index contributed by atoms with van der Waals surface area (Å²) in [6.45, 7) is 7.66. The summed E-state index contributed by atoms with van der Waals surface area (Å²) in [5.41, 5.74) is -1.15. The molecule has 7 unspecified atom stereocenters. The minimum Gasteiger partial charge on any atom is -0.459 e. The molecule has 0 amide bonds. The lowest BCUT2D eigenvalue weighted by Gasteiger charge is -2.36. The van der Waals surface area contributed by atoms with Crippen molar-refractivity contribution in [3.8, 4) is 0 Å². The first-order chi connectivity index (χ1) is 14.1. The first-order valence-corrected chi connectivity index (χ1v) is 11.5. The lowest BCUT2D eigenvalue weighted by Crippen LogP contribution is -2.49. The number of esters is 3. The molecule has 1 N–H and O–H groups in total. The fourth-order valence-electron chi connectivity index (χ4n) is 6.11. The predicted octanol–water partition coefficient (Wildman–Crippen LogP) is 2.61. The molecule has 3 saturated carbocycles. The highest BCUT2D eigenvalue weighted by Crippen LogP contribution is 2.59. The number of carbonyl (C=O) groups excluding carboxylic acids is 3. The van der Waals surface area contributed by atoms with Gasteiger partial charge in [-0.25, -0.2) is 0 Å². The van der Waals surface area contributed by atoms with Crippen molar-refractivity contribution >= 4 is 17.9 Å². The molecule has 0 aromatic carbocycles. The summed E-state index contributed by atoms with van der Waals surface area (Å²) in [7, 11) is 1.80. The number of nitrogens with one attached hydrogen (secondary N) is 1. The van der Waals surface area contributed by atoms with Gasteiger partial charge in [-0.2, -0.15) is 0 Å². The molecule has 7 atom stereocenters. The molecular weight excluding hydrogens is 386 g/mol. The van der Waals surface area contributed by atoms with Crippen molar-refractivity contribution < 1.29 is 28.6 Å². The Morgan fingerprint density at radius 3 is 2.53 bits per heavy atom. The lowest BCUT2D eigenvalue weighted by molar-refractivity contribution is -0.179. The maximum absolute atomic E-state index is 13.3. The summed E-state index contributed by atoms with van der Waals surface area (Å²) < 4.78 is 17.6. The maximum Gasteiger partial charge on any atom is 0.313 e. The van der Waals surface area contributed by atoms with Crippen LogP contribution in [0.4, 0.5) is 0 Å². The van der Waals surface area contributed by atoms with Gasteiger partial charge in [0.15, 0.2) is 0 Å². The van der Waals surface area contributed by atoms with Gasteiger partial charge in [-0.3, -0.25) is 14.4 Å². The van der Waals surface area contributed by atoms with Gasteiger partial charge in [0.05, 0.1) is 17.3 Å². The van der Waals surface area contributed by atoms with Crippen molar-refractivity contribution in [1.82, 2.24) is 5.32 Å². The molecule has 4 fully saturated rings. The molecule has 1 aliphatic heterocycles. The molecule has 168 valence electrons. The smallest absolute Gasteiger partial charge is 0.313 e. The number of hydrogen-bond acceptors (Lipinski definition) is 7. The Balaban J connectivity index is 1.54. The molecule has 7 heteroatoms. The van der Waals surface area contributed by atoms with Crippen molar-refractivity contribution in [1.29, 1.82) is 0 Å². The fourth-order valence-corrected chi connectivity index (χ4v) is 6.11. The largest absolute Gasteiger partial charge is 0.459 e. The third-order valence-corrected chi connectivity index (χ3v) is 8.58. The average Bonchev–Trinajstić information content (AvgIpc) is 3.45. The van der Waals surface area contributed by atoms with Crippen molar-refractivity contribution in [2.75, 3.05) is 7.05 Å². The van der Waals surface area contributed by atoms with Crippen LogP contribution in [0.3, 0.4) is 0 Å². The second kappa shape index (κ2) is 7.50. The monoisotopic (exact) mass is 421 g/mol. The van der Waals surface area contributed by atoms with Gasteiger partial charge in [-0.1, -0.05) is 6.92 Å². The van der Waals surface area contributed by atoms with E-state index < -0.39 is 35.1 Å². The van der Waals surface area contributed by atoms with Crippen LogP contribution < -0.4 is 5.32 Å². The molecule has 7 nitrogen and oxygen atoms in total. The molecule has 4 aliphatic rings. The quantitative estimate of drug-likeness (QED) is 0.499. The van der Waals surface area contributed by atoms with E-state index in [-0.39, 0.29) is 35.8 Å². The van der Waals surface area contributed by atoms with Gasteiger partial charge >= 0.3 is 17.9 Å². The minimum atomic E-state index is -0.745. The summed E-state index contributed by atoms with van der Waals surface area (Å²) in [4.78, 5) is 38.9. The molecule has 30 heavy (non-hydrogen) atoms. The zero-order valence-electron chi connectivity index (χ0n) is 18.7. The van der Waals surface area contributed by atoms with Gasteiger partial charge in [0.25, 0.3) is 0 Å². The zero-order chi connectivity index (χ0) is 21.8. The summed E-state index contributed by atoms with van der Waals surface area (Å²) >= 11 is 0. The third kappa shape index (κ3) is 3.15. The Morgan fingerprint density at radius 2 is 1.93 bits per heavy atom. The van der Waals surface area contributed by atoms with E-state index in [2.05, 4.69) is 12.2 Å². The molecule has 4 rings (SSSR count). The van der Waals surface area contributed by atoms with Gasteiger partial charge < -0.3 is 19.5 Å². The first kappa shape index (κ1) is 21.6. The van der Waals surface area contributed by atoms with Gasteiger partial charge in [-0.05, 0) is 66.3 Å². The van der Waals surface area contributed by atoms with E-state index in [1.807, 2.05) is 20.8 Å². The predicted molar refractivity (Wildman–Crippen MR) is 108 cm³/mol. The van der Waals surface area contributed by atoms with E-state index in [0.717, 1.165) is 32.1 Å². The van der Waals surface area contributed by atoms with Gasteiger partial charge in [0, 0.05) is 17.9 Å². The molecule has 3 aliphatic carbocycles. The van der Waals surface area contributed by atoms with E-state index in [4.69, 9.17) is 14.2 Å². The van der Waals surface area contributed by atoms with Crippen LogP contribution in [0.1, 0.15) is 66.2 Å². The summed E-state index contributed by atoms with van der Waals surface area (Å²) in [6.07, 6.45) is 4.31. The van der Waals surface area contributed by atoms with Crippen LogP contribution in [0.5, 0.6) is 0 Å². The fraction of sp³-hybridized carbons (Fsp3) is 0.870. The Bertz CT molecular complexity index is 727. The topological polar surface area (TPSA) is 90.9 Å². The standard InChI is InChI=1S/C23H35NO6/c1-6-23(9-7-8-10-23)30-20(26)16-14-11-13-15(16)19(25)28-17(13)18(14)29-21(27)22(3,4)12(2)24-5/h12-18,24H,6-11H2,1-5H3. The van der Waals surface area contributed by atoms with Gasteiger partial charge in [-0.15, -0.1) is 0 Å². The third-order valence-electron chi connectivity index (χ3n) is 8.58. The minimum absolute atomic E-state index is 0.0659. The number of carbonyl (C=O) groups is 3. The maximum atomic E-state index is 13.3. The number of hydrogen-bond donors (Lipinski definition) is 1. The van der Waals surface area contributed by atoms with Crippen LogP contribution >= 0.6 is 0 Å². The van der Waals surface area contributed by atoms with Crippen molar-refractivity contribution in [2.24, 2.45) is 29.1 Å². The molecule has 0 aromatic heterocycles. The second-order valence-corrected chi connectivity index (χ2v) is 10.3. The van der Waals surface area contributed by atoms with E-state index in [1.54, 1.807) is 7.05 Å². The lowest BCUT2D eigenvalue weighted by atomic mass is 9.78. The van der Waals surface area contributed by atoms with Crippen LogP contribution in [-0.4, -0.2) is 48.8 Å². The van der Waals surface area contributed by atoms with E-state index in [1.165, 1.54) is 0 Å². The normalized spacial score (nSPS) is 37.2. The molecule has 0 aromatic rings. The van der Waals surface area contributed by atoms with Crippen molar-refractivity contribution in [2.45, 2.75) is 90.1 Å². The average molecular weight is 422 g/mol. The van der Waals surface area contributed by atoms with Crippen LogP contribution in [0, 0.1) is 29.1 Å². The zero-order valence-corrected chi connectivity index (χ0v) is 18.7. The molecule has 0 radical (unpaired) electrons. The SMILES string of the molecule is CCC1(OC(=O)C2C3CC4C(OC(=O)C42)C3OC(=O)C(C)(C)C(C)NC)CCCC1. The summed E-state index contributed by atoms with van der Waals surface area (Å²) in [5.74, 6) is -2.30. The summed E-state index contributed by atoms with van der Waals surface area (Å²) in [6, 6.07) is -0.0880. The molecule has 2 bridgehead atoms.